The van der Waals surface area contributed by atoms with Crippen LogP contribution in [0.25, 0.3) is 10.8 Å². The molecule has 0 fully saturated rings. The molecule has 0 aromatic heterocycles. The van der Waals surface area contributed by atoms with E-state index in [1.807, 2.05) is 24.3 Å². The number of fused-ring (bicyclic) bond motifs is 3. The van der Waals surface area contributed by atoms with E-state index in [4.69, 9.17) is 23.7 Å². The molecule has 0 saturated heterocycles. The molecule has 0 amide bonds. The van der Waals surface area contributed by atoms with Gasteiger partial charge in [0, 0.05) is 40.8 Å². The number of hydrogen-bond donors (Lipinski definition) is 0. The number of ether oxygens (including phenoxy) is 5. The first-order valence-electron chi connectivity index (χ1n) is 10.8. The van der Waals surface area contributed by atoms with Gasteiger partial charge >= 0.3 is 0 Å². The summed E-state index contributed by atoms with van der Waals surface area (Å²) in [4.78, 5) is 0. The molecular weight excluding hydrogens is 416 g/mol. The first kappa shape index (κ1) is 21.0. The predicted octanol–water partition coefficient (Wildman–Crippen LogP) is 5.95. The van der Waals surface area contributed by atoms with Crippen molar-refractivity contribution in [2.75, 3.05) is 28.4 Å². The maximum absolute atomic E-state index is 6.35. The van der Waals surface area contributed by atoms with Gasteiger partial charge < -0.3 is 23.7 Å². The first-order valence-corrected chi connectivity index (χ1v) is 10.8. The van der Waals surface area contributed by atoms with Crippen molar-refractivity contribution in [2.45, 2.75) is 12.5 Å². The van der Waals surface area contributed by atoms with Crippen molar-refractivity contribution in [3.05, 3.63) is 89.0 Å². The molecule has 5 heteroatoms. The third kappa shape index (κ3) is 3.50. The van der Waals surface area contributed by atoms with Crippen molar-refractivity contribution in [3.63, 3.8) is 0 Å². The van der Waals surface area contributed by atoms with Crippen LogP contribution in [0.5, 0.6) is 28.7 Å². The van der Waals surface area contributed by atoms with Gasteiger partial charge in [0.15, 0.2) is 0 Å². The van der Waals surface area contributed by atoms with E-state index in [2.05, 4.69) is 42.5 Å². The Labute approximate surface area is 193 Å². The quantitative estimate of drug-likeness (QED) is 0.382. The lowest BCUT2D eigenvalue weighted by Crippen LogP contribution is -2.09. The van der Waals surface area contributed by atoms with Crippen LogP contribution in [0.3, 0.4) is 0 Å². The lowest BCUT2D eigenvalue weighted by molar-refractivity contribution is 0.299. The third-order valence-corrected chi connectivity index (χ3v) is 6.28. The van der Waals surface area contributed by atoms with Crippen LogP contribution in [0.2, 0.25) is 0 Å². The molecule has 1 heterocycles. The van der Waals surface area contributed by atoms with E-state index in [-0.39, 0.29) is 5.92 Å². The summed E-state index contributed by atoms with van der Waals surface area (Å²) in [6.07, 6.45) is 0. The fourth-order valence-electron chi connectivity index (χ4n) is 4.77. The van der Waals surface area contributed by atoms with Gasteiger partial charge in [-0.05, 0) is 22.4 Å². The van der Waals surface area contributed by atoms with Gasteiger partial charge in [0.25, 0.3) is 0 Å². The molecule has 33 heavy (non-hydrogen) atoms. The molecule has 5 nitrogen and oxygen atoms in total. The molecule has 0 aliphatic carbocycles. The first-order chi connectivity index (χ1) is 16.2. The highest BCUT2D eigenvalue weighted by atomic mass is 16.5. The summed E-state index contributed by atoms with van der Waals surface area (Å²) >= 11 is 0. The molecule has 5 rings (SSSR count). The van der Waals surface area contributed by atoms with Gasteiger partial charge in [-0.1, -0.05) is 42.5 Å². The van der Waals surface area contributed by atoms with Crippen molar-refractivity contribution < 1.29 is 23.7 Å². The van der Waals surface area contributed by atoms with Gasteiger partial charge in [-0.3, -0.25) is 0 Å². The summed E-state index contributed by atoms with van der Waals surface area (Å²) in [5.41, 5.74) is 4.13. The van der Waals surface area contributed by atoms with E-state index in [1.54, 1.807) is 28.4 Å². The van der Waals surface area contributed by atoms with Crippen LogP contribution in [-0.4, -0.2) is 28.4 Å². The zero-order valence-corrected chi connectivity index (χ0v) is 19.2. The summed E-state index contributed by atoms with van der Waals surface area (Å²) in [5.74, 6) is 3.38. The van der Waals surface area contributed by atoms with Gasteiger partial charge in [0.05, 0.1) is 28.4 Å². The van der Waals surface area contributed by atoms with Crippen LogP contribution in [0, 0.1) is 0 Å². The molecule has 1 aliphatic rings. The van der Waals surface area contributed by atoms with E-state index in [0.717, 1.165) is 39.5 Å². The molecule has 0 radical (unpaired) electrons. The number of methoxy groups -OCH3 is 4. The topological polar surface area (TPSA) is 46.2 Å². The Balaban J connectivity index is 1.90. The average molecular weight is 443 g/mol. The largest absolute Gasteiger partial charge is 0.497 e. The summed E-state index contributed by atoms with van der Waals surface area (Å²) in [5, 5.41) is 2.34. The van der Waals surface area contributed by atoms with Crippen molar-refractivity contribution in [1.29, 1.82) is 0 Å². The molecule has 1 unspecified atom stereocenters. The zero-order valence-electron chi connectivity index (χ0n) is 19.2. The molecule has 0 bridgehead atoms. The van der Waals surface area contributed by atoms with E-state index < -0.39 is 0 Å². The maximum Gasteiger partial charge on any atom is 0.131 e. The smallest absolute Gasteiger partial charge is 0.131 e. The van der Waals surface area contributed by atoms with Gasteiger partial charge in [-0.15, -0.1) is 0 Å². The SMILES string of the molecule is COc1cc2c(c(OC)c1)C(c1cccc3ccccc13)c1c(OC)cc(OC)cc1OC2. The second-order valence-corrected chi connectivity index (χ2v) is 7.93. The molecule has 1 atom stereocenters. The van der Waals surface area contributed by atoms with Crippen LogP contribution >= 0.6 is 0 Å². The highest BCUT2D eigenvalue weighted by Crippen LogP contribution is 2.52. The van der Waals surface area contributed by atoms with Crippen molar-refractivity contribution in [3.8, 4) is 28.7 Å². The number of rotatable bonds is 5. The maximum atomic E-state index is 6.35. The van der Waals surface area contributed by atoms with Gasteiger partial charge in [0.2, 0.25) is 0 Å². The molecular formula is C28H26O5. The molecule has 0 N–H and O–H groups in total. The monoisotopic (exact) mass is 442 g/mol. The molecule has 4 aromatic rings. The summed E-state index contributed by atoms with van der Waals surface area (Å²) < 4.78 is 29.2. The zero-order chi connectivity index (χ0) is 22.9. The van der Waals surface area contributed by atoms with Crippen molar-refractivity contribution >= 4 is 10.8 Å². The Morgan fingerprint density at radius 1 is 0.697 bits per heavy atom. The van der Waals surface area contributed by atoms with Crippen molar-refractivity contribution in [2.24, 2.45) is 0 Å². The molecule has 0 spiro atoms. The fourth-order valence-corrected chi connectivity index (χ4v) is 4.77. The van der Waals surface area contributed by atoms with Crippen LogP contribution in [0.15, 0.2) is 66.7 Å². The third-order valence-electron chi connectivity index (χ3n) is 6.28. The second kappa shape index (κ2) is 8.58. The predicted molar refractivity (Wildman–Crippen MR) is 128 cm³/mol. The van der Waals surface area contributed by atoms with E-state index in [1.165, 1.54) is 10.8 Å². The van der Waals surface area contributed by atoms with Crippen LogP contribution in [0.1, 0.15) is 28.2 Å². The van der Waals surface area contributed by atoms with Gasteiger partial charge in [0.1, 0.15) is 35.4 Å². The minimum atomic E-state index is -0.190. The van der Waals surface area contributed by atoms with Crippen LogP contribution in [0.4, 0.5) is 0 Å². The molecule has 0 saturated carbocycles. The Morgan fingerprint density at radius 2 is 1.36 bits per heavy atom. The highest BCUT2D eigenvalue weighted by Gasteiger charge is 2.34. The summed E-state index contributed by atoms with van der Waals surface area (Å²) in [6.45, 7) is 0.369. The highest BCUT2D eigenvalue weighted by molar-refractivity contribution is 5.88. The standard InChI is InChI=1S/C28H26O5/c1-29-19-12-18-16-33-25-15-20(30-2)14-24(32-4)28(25)27(26(18)23(13-19)31-3)22-11-7-9-17-8-5-6-10-21(17)22/h5-15,27H,16H2,1-4H3. The molecule has 1 aliphatic heterocycles. The van der Waals surface area contributed by atoms with Crippen LogP contribution < -0.4 is 23.7 Å². The van der Waals surface area contributed by atoms with Gasteiger partial charge in [-0.2, -0.15) is 0 Å². The lowest BCUT2D eigenvalue weighted by atomic mass is 9.80. The average Bonchev–Trinajstić information content (AvgIpc) is 3.04. The number of hydrogen-bond acceptors (Lipinski definition) is 5. The fraction of sp³-hybridized carbons (Fsp3) is 0.214. The molecule has 168 valence electrons. The summed E-state index contributed by atoms with van der Waals surface area (Å²) in [7, 11) is 6.66. The lowest BCUT2D eigenvalue weighted by Gasteiger charge is -2.25. The Hall–Kier alpha value is -3.86. The summed E-state index contributed by atoms with van der Waals surface area (Å²) in [6, 6.07) is 22.6. The van der Waals surface area contributed by atoms with Crippen LogP contribution in [-0.2, 0) is 6.61 Å². The minimum absolute atomic E-state index is 0.190. The Kier molecular flexibility index (Phi) is 5.47. The Bertz CT molecular complexity index is 1260. The minimum Gasteiger partial charge on any atom is -0.497 e. The van der Waals surface area contributed by atoms with E-state index >= 15 is 0 Å². The van der Waals surface area contributed by atoms with E-state index in [0.29, 0.717) is 18.1 Å². The van der Waals surface area contributed by atoms with E-state index in [9.17, 15) is 0 Å². The second-order valence-electron chi connectivity index (χ2n) is 7.93. The number of benzene rings is 4. The van der Waals surface area contributed by atoms with Gasteiger partial charge in [-0.25, -0.2) is 0 Å². The normalized spacial score (nSPS) is 14.5. The van der Waals surface area contributed by atoms with Crippen molar-refractivity contribution in [1.82, 2.24) is 0 Å². The molecule has 4 aromatic carbocycles. The Morgan fingerprint density at radius 3 is 2.09 bits per heavy atom.